The molecule has 1 aliphatic rings. The van der Waals surface area contributed by atoms with Crippen LogP contribution >= 0.6 is 24.0 Å². The molecule has 264 valence electrons. The zero-order valence-corrected chi connectivity index (χ0v) is 30.5. The van der Waals surface area contributed by atoms with Crippen LogP contribution < -0.4 is 0 Å². The van der Waals surface area contributed by atoms with Crippen LogP contribution in [0.2, 0.25) is 0 Å². The van der Waals surface area contributed by atoms with Gasteiger partial charge in [-0.05, 0) is 55.3 Å². The van der Waals surface area contributed by atoms with Gasteiger partial charge in [0.25, 0.3) is 5.17 Å². The van der Waals surface area contributed by atoms with Gasteiger partial charge in [0.15, 0.2) is 11.2 Å². The number of unbranched alkanes of at least 4 members (excludes halogenated alkanes) is 8. The topological polar surface area (TPSA) is 87.1 Å². The largest absolute Gasteiger partial charge is 0.479 e. The van der Waals surface area contributed by atoms with Crippen LogP contribution in [0.5, 0.6) is 0 Å². The van der Waals surface area contributed by atoms with Gasteiger partial charge in [-0.15, -0.1) is 0 Å². The van der Waals surface area contributed by atoms with Crippen molar-refractivity contribution in [2.24, 2.45) is 11.8 Å². The first-order chi connectivity index (χ1) is 23.1. The highest BCUT2D eigenvalue weighted by atomic mass is 32.2. The van der Waals surface area contributed by atoms with E-state index in [0.717, 1.165) is 42.6 Å². The van der Waals surface area contributed by atoms with E-state index in [1.54, 1.807) is 6.08 Å². The maximum absolute atomic E-state index is 14.6. The molecule has 0 bridgehead atoms. The van der Waals surface area contributed by atoms with Crippen LogP contribution in [0.4, 0.5) is 4.39 Å². The lowest BCUT2D eigenvalue weighted by Crippen LogP contribution is -2.57. The number of thiocarbonyl (C=S) groups is 1. The van der Waals surface area contributed by atoms with Gasteiger partial charge in [0, 0.05) is 17.5 Å². The van der Waals surface area contributed by atoms with E-state index in [-0.39, 0.29) is 11.1 Å². The number of rotatable bonds is 22. The van der Waals surface area contributed by atoms with E-state index in [2.05, 4.69) is 6.92 Å². The van der Waals surface area contributed by atoms with E-state index in [0.29, 0.717) is 6.42 Å². The molecule has 1 unspecified atom stereocenters. The number of ether oxygens (including phenoxy) is 1. The Hall–Kier alpha value is -2.75. The number of hydrogen-bond acceptors (Lipinski definition) is 6. The van der Waals surface area contributed by atoms with Crippen molar-refractivity contribution in [2.45, 2.75) is 109 Å². The molecule has 3 atom stereocenters. The van der Waals surface area contributed by atoms with Gasteiger partial charge in [-0.1, -0.05) is 132 Å². The predicted molar refractivity (Wildman–Crippen MR) is 198 cm³/mol. The molecular formula is C39H54FNO5S2. The Bertz CT molecular complexity index is 1270. The number of allylic oxidation sites excluding steroid dienone is 1. The third-order valence-electron chi connectivity index (χ3n) is 9.17. The fraction of sp³-hybridized carbons (Fsp3) is 0.564. The van der Waals surface area contributed by atoms with Crippen molar-refractivity contribution in [3.63, 3.8) is 0 Å². The number of hydrogen-bond donors (Lipinski definition) is 2. The second-order valence-corrected chi connectivity index (χ2v) is 14.6. The Morgan fingerprint density at radius 2 is 1.50 bits per heavy atom. The number of carboxylic acids is 1. The number of aliphatic hydroxyl groups is 1. The summed E-state index contributed by atoms with van der Waals surface area (Å²) in [6.45, 7) is 5.02. The molecule has 1 saturated heterocycles. The molecule has 0 aromatic heterocycles. The normalized spacial score (nSPS) is 17.8. The first-order valence-corrected chi connectivity index (χ1v) is 19.1. The number of nitrogens with zero attached hydrogens (tertiary/aromatic N) is 1. The molecule has 0 spiro atoms. The van der Waals surface area contributed by atoms with Crippen molar-refractivity contribution in [3.8, 4) is 0 Å². The number of aliphatic carboxylic acids is 1. The lowest BCUT2D eigenvalue weighted by atomic mass is 9.75. The molecule has 3 rings (SSSR count). The summed E-state index contributed by atoms with van der Waals surface area (Å²) in [6, 6.07) is 18.3. The van der Waals surface area contributed by atoms with Crippen LogP contribution in [0.25, 0.3) is 0 Å². The number of halogens is 1. The maximum Gasteiger partial charge on any atom is 0.336 e. The number of alkyl halides is 1. The smallest absolute Gasteiger partial charge is 0.336 e. The van der Waals surface area contributed by atoms with Crippen molar-refractivity contribution < 1.29 is 28.9 Å². The highest BCUT2D eigenvalue weighted by Crippen LogP contribution is 2.48. The number of carboxylic acid groups (broad SMARTS) is 1. The first kappa shape index (κ1) is 39.7. The molecule has 2 aromatic carbocycles. The number of benzene rings is 2. The van der Waals surface area contributed by atoms with E-state index in [4.69, 9.17) is 17.0 Å². The third-order valence-corrected chi connectivity index (χ3v) is 10.6. The van der Waals surface area contributed by atoms with Crippen molar-refractivity contribution in [1.29, 1.82) is 0 Å². The number of carbonyl (C=O) groups is 2. The van der Waals surface area contributed by atoms with E-state index >= 15 is 0 Å². The molecule has 1 aliphatic heterocycles. The minimum atomic E-state index is -2.67. The van der Waals surface area contributed by atoms with Crippen LogP contribution in [0.1, 0.15) is 103 Å². The number of thioether (sulfide) groups is 1. The zero-order chi connectivity index (χ0) is 35.0. The Morgan fingerprint density at radius 1 is 0.958 bits per heavy atom. The molecule has 48 heavy (non-hydrogen) atoms. The Kier molecular flexibility index (Phi) is 16.6. The third kappa shape index (κ3) is 9.91. The molecule has 2 N–H and O–H groups in total. The summed E-state index contributed by atoms with van der Waals surface area (Å²) < 4.78 is 20.3. The van der Waals surface area contributed by atoms with E-state index < -0.39 is 48.1 Å². The van der Waals surface area contributed by atoms with Crippen LogP contribution in [0.3, 0.4) is 0 Å². The highest BCUT2D eigenvalue weighted by molar-refractivity contribution is 7.99. The van der Waals surface area contributed by atoms with E-state index in [9.17, 15) is 24.2 Å². The second-order valence-electron chi connectivity index (χ2n) is 13.0. The monoisotopic (exact) mass is 699 g/mol. The SMILES string of the molecule is CCCCCCCSCCCCCCC=CC(C(=O)N1C(=S)OC(c2ccccc2)(c2ccccc2)[C@@H]1C(C)C)[C@@](O)(CCF)C(=O)O. The van der Waals surface area contributed by atoms with Crippen molar-refractivity contribution in [3.05, 3.63) is 83.9 Å². The van der Waals surface area contributed by atoms with E-state index in [1.807, 2.05) is 86.3 Å². The van der Waals surface area contributed by atoms with Gasteiger partial charge in [0.1, 0.15) is 0 Å². The minimum absolute atomic E-state index is 0.114. The van der Waals surface area contributed by atoms with Crippen molar-refractivity contribution in [2.75, 3.05) is 18.2 Å². The molecule has 2 aromatic rings. The zero-order valence-electron chi connectivity index (χ0n) is 28.8. The molecular weight excluding hydrogens is 646 g/mol. The Labute approximate surface area is 296 Å². The molecule has 0 saturated carbocycles. The average molecular weight is 700 g/mol. The van der Waals surface area contributed by atoms with Crippen LogP contribution in [0, 0.1) is 11.8 Å². The van der Waals surface area contributed by atoms with Gasteiger partial charge < -0.3 is 14.9 Å². The van der Waals surface area contributed by atoms with Crippen LogP contribution in [-0.4, -0.2) is 62.0 Å². The fourth-order valence-electron chi connectivity index (χ4n) is 6.63. The second kappa shape index (κ2) is 20.1. The predicted octanol–water partition coefficient (Wildman–Crippen LogP) is 9.10. The molecule has 0 radical (unpaired) electrons. The molecule has 0 aliphatic carbocycles. The Balaban J connectivity index is 1.80. The van der Waals surface area contributed by atoms with Crippen LogP contribution in [0.15, 0.2) is 72.8 Å². The Morgan fingerprint density at radius 3 is 2.00 bits per heavy atom. The summed E-state index contributed by atoms with van der Waals surface area (Å²) in [7, 11) is 0. The number of carbonyl (C=O) groups excluding carboxylic acids is 1. The van der Waals surface area contributed by atoms with Crippen molar-refractivity contribution >= 4 is 41.0 Å². The summed E-state index contributed by atoms with van der Waals surface area (Å²) in [5, 5.41) is 21.5. The standard InChI is InChI=1S/C39H54FNO5S2/c1-4-5-6-10-19-28-48-29-20-11-8-7-9-18-25-33(38(45,26-27-40)36(43)44)35(42)41-34(30(2)3)39(46-37(41)47,31-21-14-12-15-22-31)32-23-16-13-17-24-32/h12-18,21-25,30,33-34,45H,4-11,19-20,26-29H2,1-3H3,(H,43,44)/t33?,34-,38-/m0/s1. The van der Waals surface area contributed by atoms with Gasteiger partial charge in [-0.3, -0.25) is 14.1 Å². The summed E-state index contributed by atoms with van der Waals surface area (Å²) in [4.78, 5) is 28.4. The number of amides is 1. The molecule has 6 nitrogen and oxygen atoms in total. The quantitative estimate of drug-likeness (QED) is 0.0720. The molecule has 1 amide bonds. The van der Waals surface area contributed by atoms with Gasteiger partial charge in [-0.2, -0.15) is 11.8 Å². The van der Waals surface area contributed by atoms with E-state index in [1.165, 1.54) is 48.8 Å². The summed E-state index contributed by atoms with van der Waals surface area (Å²) in [5.74, 6) is -1.81. The van der Waals surface area contributed by atoms with Gasteiger partial charge >= 0.3 is 5.97 Å². The van der Waals surface area contributed by atoms with Crippen LogP contribution in [-0.2, 0) is 19.9 Å². The van der Waals surface area contributed by atoms with Gasteiger partial charge in [0.05, 0.1) is 18.6 Å². The fourth-order valence-corrected chi connectivity index (χ4v) is 7.99. The maximum atomic E-state index is 14.6. The molecule has 1 heterocycles. The highest BCUT2D eigenvalue weighted by Gasteiger charge is 2.60. The summed E-state index contributed by atoms with van der Waals surface area (Å²) in [6.07, 6.45) is 13.7. The molecule has 1 fully saturated rings. The first-order valence-electron chi connectivity index (χ1n) is 17.6. The lowest BCUT2D eigenvalue weighted by Gasteiger charge is -2.39. The van der Waals surface area contributed by atoms with Crippen molar-refractivity contribution in [1.82, 2.24) is 4.90 Å². The minimum Gasteiger partial charge on any atom is -0.479 e. The van der Waals surface area contributed by atoms with Gasteiger partial charge in [0.2, 0.25) is 5.91 Å². The molecule has 9 heteroatoms. The lowest BCUT2D eigenvalue weighted by molar-refractivity contribution is -0.169. The summed E-state index contributed by atoms with van der Waals surface area (Å²) >= 11 is 7.75. The summed E-state index contributed by atoms with van der Waals surface area (Å²) in [5.41, 5.74) is -2.30. The van der Waals surface area contributed by atoms with Gasteiger partial charge in [-0.25, -0.2) is 4.79 Å². The average Bonchev–Trinajstić information content (AvgIpc) is 3.41.